The second-order valence-electron chi connectivity index (χ2n) is 11.2. The molecule has 0 unspecified atom stereocenters. The van der Waals surface area contributed by atoms with E-state index in [0.29, 0.717) is 21.6 Å². The zero-order valence-electron chi connectivity index (χ0n) is 24.0. The van der Waals surface area contributed by atoms with Crippen molar-refractivity contribution in [2.24, 2.45) is 5.41 Å². The number of pyridine rings is 1. The monoisotopic (exact) mass is 587 g/mol. The molecule has 0 spiro atoms. The number of hydrogen-bond donors (Lipinski definition) is 2. The molecule has 2 N–H and O–H groups in total. The first-order valence-electron chi connectivity index (χ1n) is 13.4. The molecule has 1 amide bonds. The normalized spacial score (nSPS) is 17.0. The Hall–Kier alpha value is -3.88. The number of rotatable bonds is 6. The van der Waals surface area contributed by atoms with Gasteiger partial charge < -0.3 is 24.8 Å². The Balaban J connectivity index is 1.63. The number of carbonyl (C=O) groups excluding carboxylic acids is 1. The number of aryl methyl sites for hydroxylation is 1. The number of benzene rings is 2. The lowest BCUT2D eigenvalue weighted by molar-refractivity contribution is -0.123. The average molecular weight is 588 g/mol. The molecule has 2 aromatic heterocycles. The Morgan fingerprint density at radius 3 is 2.49 bits per heavy atom. The molecule has 3 heterocycles. The second-order valence-corrected chi connectivity index (χ2v) is 12.1. The largest absolute Gasteiger partial charge is 0.494 e. The summed E-state index contributed by atoms with van der Waals surface area (Å²) in [4.78, 5) is 19.5. The molecule has 1 saturated heterocycles. The maximum absolute atomic E-state index is 12.7. The smallest absolute Gasteiger partial charge is 0.229 e. The van der Waals surface area contributed by atoms with Gasteiger partial charge in [-0.15, -0.1) is 0 Å². The van der Waals surface area contributed by atoms with Gasteiger partial charge in [-0.1, -0.05) is 44.5 Å². The molecule has 0 bridgehead atoms. The van der Waals surface area contributed by atoms with Gasteiger partial charge in [0.05, 0.1) is 30.6 Å². The summed E-state index contributed by atoms with van der Waals surface area (Å²) in [5.41, 5.74) is 6.04. The lowest BCUT2D eigenvalue weighted by Gasteiger charge is -2.29. The van der Waals surface area contributed by atoms with Gasteiger partial charge >= 0.3 is 0 Å². The molecule has 41 heavy (non-hydrogen) atoms. The van der Waals surface area contributed by atoms with Crippen LogP contribution in [0.15, 0.2) is 72.9 Å². The highest BCUT2D eigenvalue weighted by Gasteiger charge is 2.42. The van der Waals surface area contributed by atoms with Crippen LogP contribution in [0.25, 0.3) is 5.69 Å². The van der Waals surface area contributed by atoms with Crippen LogP contribution in [0.4, 0.5) is 11.4 Å². The molecular formula is C32H34ClN5O2S. The van der Waals surface area contributed by atoms with E-state index in [1.54, 1.807) is 13.3 Å². The van der Waals surface area contributed by atoms with Crippen molar-refractivity contribution in [1.82, 2.24) is 14.9 Å². The van der Waals surface area contributed by atoms with Gasteiger partial charge in [0.15, 0.2) is 5.11 Å². The van der Waals surface area contributed by atoms with E-state index in [9.17, 15) is 4.79 Å². The number of nitrogens with one attached hydrogen (secondary N) is 2. The van der Waals surface area contributed by atoms with Crippen molar-refractivity contribution in [2.45, 2.75) is 46.7 Å². The highest BCUT2D eigenvalue weighted by atomic mass is 35.5. The summed E-state index contributed by atoms with van der Waals surface area (Å²) < 4.78 is 7.94. The Labute approximate surface area is 251 Å². The summed E-state index contributed by atoms with van der Waals surface area (Å²) in [6.07, 6.45) is 1.80. The van der Waals surface area contributed by atoms with E-state index < -0.39 is 5.41 Å². The fraction of sp³-hybridized carbons (Fsp3) is 0.281. The van der Waals surface area contributed by atoms with Crippen LogP contribution in [-0.2, 0) is 4.79 Å². The number of aromatic nitrogens is 2. The minimum absolute atomic E-state index is 0.0940. The third-order valence-corrected chi connectivity index (χ3v) is 7.90. The highest BCUT2D eigenvalue weighted by molar-refractivity contribution is 7.80. The maximum atomic E-state index is 12.7. The van der Waals surface area contributed by atoms with E-state index in [4.69, 9.17) is 28.6 Å². The number of methoxy groups -OCH3 is 1. The topological polar surface area (TPSA) is 71.4 Å². The third-order valence-electron chi connectivity index (χ3n) is 7.35. The predicted molar refractivity (Wildman–Crippen MR) is 169 cm³/mol. The van der Waals surface area contributed by atoms with Gasteiger partial charge in [0, 0.05) is 45.5 Å². The molecule has 4 aromatic rings. The molecule has 1 fully saturated rings. The van der Waals surface area contributed by atoms with Crippen LogP contribution < -0.4 is 20.3 Å². The summed E-state index contributed by atoms with van der Waals surface area (Å²) in [5, 5.41) is 7.78. The van der Waals surface area contributed by atoms with Crippen molar-refractivity contribution in [3.05, 3.63) is 101 Å². The SMILES string of the molecule is COc1cc(N2C(=S)N[C@H](c3ccccn3)[C@H]2c2cc(C)n(-c3cccc(Cl)c3)c2C)ccc1NC(=O)C(C)(C)C. The second kappa shape index (κ2) is 11.2. The maximum Gasteiger partial charge on any atom is 0.229 e. The highest BCUT2D eigenvalue weighted by Crippen LogP contribution is 2.45. The lowest BCUT2D eigenvalue weighted by Crippen LogP contribution is -2.30. The van der Waals surface area contributed by atoms with E-state index in [0.717, 1.165) is 34.0 Å². The summed E-state index contributed by atoms with van der Waals surface area (Å²) in [6, 6.07) is 21.3. The quantitative estimate of drug-likeness (QED) is 0.230. The zero-order valence-corrected chi connectivity index (χ0v) is 25.6. The number of anilines is 2. The number of nitrogens with zero attached hydrogens (tertiary/aromatic N) is 3. The standard InChI is InChI=1S/C32H34ClN5O2S/c1-19-16-24(20(2)37(19)22-11-9-10-21(33)17-22)29-28(26-12-7-8-15-34-26)36-31(41)38(29)23-13-14-25(27(18-23)40-6)35-30(39)32(3,4)5/h7-18,28-29H,1-6H3,(H,35,39)(H,36,41)/t28-,29-/m1/s1. The van der Waals surface area contributed by atoms with Gasteiger partial charge in [-0.2, -0.15) is 0 Å². The van der Waals surface area contributed by atoms with Crippen LogP contribution in [0.3, 0.4) is 0 Å². The lowest BCUT2D eigenvalue weighted by atomic mass is 9.95. The number of amides is 1. The van der Waals surface area contributed by atoms with Crippen LogP contribution in [0.2, 0.25) is 5.02 Å². The molecule has 0 saturated carbocycles. The third kappa shape index (κ3) is 5.54. The molecule has 1 aliphatic heterocycles. The first-order chi connectivity index (χ1) is 19.5. The van der Waals surface area contributed by atoms with Crippen LogP contribution in [-0.4, -0.2) is 27.7 Å². The van der Waals surface area contributed by atoms with Gasteiger partial charge in [0.25, 0.3) is 0 Å². The van der Waals surface area contributed by atoms with E-state index >= 15 is 0 Å². The van der Waals surface area contributed by atoms with Crippen molar-refractivity contribution in [3.8, 4) is 11.4 Å². The summed E-state index contributed by atoms with van der Waals surface area (Å²) in [5.74, 6) is 0.454. The van der Waals surface area contributed by atoms with E-state index in [1.807, 2.05) is 75.4 Å². The molecule has 2 atom stereocenters. The van der Waals surface area contributed by atoms with Gasteiger partial charge in [-0.25, -0.2) is 0 Å². The van der Waals surface area contributed by atoms with E-state index in [2.05, 4.69) is 51.1 Å². The molecule has 1 aliphatic rings. The number of hydrogen-bond acceptors (Lipinski definition) is 4. The van der Waals surface area contributed by atoms with Gasteiger partial charge in [-0.3, -0.25) is 9.78 Å². The fourth-order valence-corrected chi connectivity index (χ4v) is 5.82. The zero-order chi connectivity index (χ0) is 29.5. The first kappa shape index (κ1) is 28.6. The van der Waals surface area contributed by atoms with Crippen LogP contribution in [0.5, 0.6) is 5.75 Å². The molecule has 7 nitrogen and oxygen atoms in total. The molecule has 9 heteroatoms. The van der Waals surface area contributed by atoms with Crippen molar-refractivity contribution in [3.63, 3.8) is 0 Å². The van der Waals surface area contributed by atoms with Crippen LogP contribution in [0.1, 0.15) is 55.5 Å². The summed E-state index contributed by atoms with van der Waals surface area (Å²) >= 11 is 12.3. The van der Waals surface area contributed by atoms with Crippen LogP contribution in [0, 0.1) is 19.3 Å². The molecule has 0 aliphatic carbocycles. The van der Waals surface area contributed by atoms with Gasteiger partial charge in [-0.05, 0) is 80.2 Å². The molecule has 212 valence electrons. The van der Waals surface area contributed by atoms with Crippen molar-refractivity contribution >= 4 is 46.2 Å². The minimum Gasteiger partial charge on any atom is -0.494 e. The minimum atomic E-state index is -0.545. The van der Waals surface area contributed by atoms with Crippen molar-refractivity contribution < 1.29 is 9.53 Å². The first-order valence-corrected chi connectivity index (χ1v) is 14.2. The van der Waals surface area contributed by atoms with E-state index in [1.165, 1.54) is 0 Å². The Kier molecular flexibility index (Phi) is 7.81. The van der Waals surface area contributed by atoms with Crippen LogP contribution >= 0.6 is 23.8 Å². The molecular weight excluding hydrogens is 554 g/mol. The summed E-state index contributed by atoms with van der Waals surface area (Å²) in [6.45, 7) is 9.83. The van der Waals surface area contributed by atoms with Gasteiger partial charge in [0.2, 0.25) is 5.91 Å². The number of carbonyl (C=O) groups is 1. The molecule has 0 radical (unpaired) electrons. The summed E-state index contributed by atoms with van der Waals surface area (Å²) in [7, 11) is 1.60. The molecule has 2 aromatic carbocycles. The number of ether oxygens (including phenoxy) is 1. The predicted octanol–water partition coefficient (Wildman–Crippen LogP) is 7.31. The Morgan fingerprint density at radius 2 is 1.83 bits per heavy atom. The van der Waals surface area contributed by atoms with Gasteiger partial charge in [0.1, 0.15) is 5.75 Å². The Morgan fingerprint density at radius 1 is 1.05 bits per heavy atom. The van der Waals surface area contributed by atoms with E-state index in [-0.39, 0.29) is 18.0 Å². The fourth-order valence-electron chi connectivity index (χ4n) is 5.29. The Bertz CT molecular complexity index is 1610. The molecule has 5 rings (SSSR count). The number of halogens is 1. The van der Waals surface area contributed by atoms with Crippen molar-refractivity contribution in [2.75, 3.05) is 17.3 Å². The average Bonchev–Trinajstić information content (AvgIpc) is 3.43. The van der Waals surface area contributed by atoms with Crippen molar-refractivity contribution in [1.29, 1.82) is 0 Å². The number of thiocarbonyl (C=S) groups is 1.